The van der Waals surface area contributed by atoms with Crippen LogP contribution >= 0.6 is 11.3 Å². The average Bonchev–Trinajstić information content (AvgIpc) is 2.80. The Hall–Kier alpha value is -1.81. The number of fused-ring (bicyclic) bond motifs is 1. The Morgan fingerprint density at radius 1 is 1.24 bits per heavy atom. The third-order valence-electron chi connectivity index (χ3n) is 2.83. The van der Waals surface area contributed by atoms with Crippen molar-refractivity contribution in [1.82, 2.24) is 9.78 Å². The summed E-state index contributed by atoms with van der Waals surface area (Å²) in [4.78, 5) is 1.21. The van der Waals surface area contributed by atoms with Crippen LogP contribution in [0.1, 0.15) is 5.56 Å². The van der Waals surface area contributed by atoms with Crippen molar-refractivity contribution in [2.24, 2.45) is 7.05 Å². The number of aromatic nitrogens is 2. The lowest BCUT2D eigenvalue weighted by molar-refractivity contribution is 0.782. The van der Waals surface area contributed by atoms with Gasteiger partial charge in [0.25, 0.3) is 0 Å². The molecule has 2 aromatic heterocycles. The predicted octanol–water partition coefficient (Wildman–Crippen LogP) is 3.19. The molecule has 3 rings (SSSR count). The maximum atomic E-state index is 5.71. The van der Waals surface area contributed by atoms with E-state index in [0.717, 1.165) is 5.69 Å². The summed E-state index contributed by atoms with van der Waals surface area (Å²) in [6.45, 7) is 2.11. The van der Waals surface area contributed by atoms with Crippen molar-refractivity contribution in [3.05, 3.63) is 35.9 Å². The lowest BCUT2D eigenvalue weighted by Gasteiger charge is -1.95. The quantitative estimate of drug-likeness (QED) is 0.713. The molecule has 0 aliphatic carbocycles. The number of nitrogen functional groups attached to an aromatic ring is 1. The van der Waals surface area contributed by atoms with Gasteiger partial charge in [-0.2, -0.15) is 5.10 Å². The van der Waals surface area contributed by atoms with Crippen molar-refractivity contribution in [1.29, 1.82) is 0 Å². The summed E-state index contributed by atoms with van der Waals surface area (Å²) in [7, 11) is 1.92. The highest BCUT2D eigenvalue weighted by Gasteiger charge is 2.09. The summed E-state index contributed by atoms with van der Waals surface area (Å²) in [5.41, 5.74) is 8.07. The number of hydrogen-bond donors (Lipinski definition) is 1. The minimum Gasteiger partial charge on any atom is -0.382 e. The predicted molar refractivity (Wildman–Crippen MR) is 73.2 cm³/mol. The van der Waals surface area contributed by atoms with Crippen molar-refractivity contribution in [2.75, 3.05) is 5.73 Å². The van der Waals surface area contributed by atoms with E-state index in [2.05, 4.69) is 36.3 Å². The minimum atomic E-state index is 0.566. The van der Waals surface area contributed by atoms with Gasteiger partial charge in [0.15, 0.2) is 0 Å². The molecule has 4 heteroatoms. The molecule has 0 amide bonds. The second-order valence-corrected chi connectivity index (χ2v) is 5.31. The highest BCUT2D eigenvalue weighted by Crippen LogP contribution is 2.34. The van der Waals surface area contributed by atoms with Crippen molar-refractivity contribution in [2.45, 2.75) is 6.92 Å². The van der Waals surface area contributed by atoms with Crippen molar-refractivity contribution < 1.29 is 0 Å². The van der Waals surface area contributed by atoms with Crippen LogP contribution < -0.4 is 5.73 Å². The van der Waals surface area contributed by atoms with E-state index in [1.165, 1.54) is 20.5 Å². The minimum absolute atomic E-state index is 0.566. The van der Waals surface area contributed by atoms with E-state index < -0.39 is 0 Å². The van der Waals surface area contributed by atoms with E-state index in [4.69, 9.17) is 5.73 Å². The summed E-state index contributed by atoms with van der Waals surface area (Å²) in [5.74, 6) is 0.566. The largest absolute Gasteiger partial charge is 0.382 e. The fourth-order valence-corrected chi connectivity index (χ4v) is 3.19. The summed E-state index contributed by atoms with van der Waals surface area (Å²) >= 11 is 1.78. The van der Waals surface area contributed by atoms with Crippen LogP contribution in [-0.4, -0.2) is 9.78 Å². The SMILES string of the molecule is Cc1ccc2cc(-c3cc(N)nn3C)sc2c1. The second kappa shape index (κ2) is 3.60. The van der Waals surface area contributed by atoms with Crippen LogP contribution in [0.5, 0.6) is 0 Å². The number of aryl methyl sites for hydroxylation is 2. The molecule has 17 heavy (non-hydrogen) atoms. The summed E-state index contributed by atoms with van der Waals surface area (Å²) in [5, 5.41) is 5.45. The Morgan fingerprint density at radius 2 is 2.06 bits per heavy atom. The average molecular weight is 243 g/mol. The van der Waals surface area contributed by atoms with Crippen molar-refractivity contribution in [3.8, 4) is 10.6 Å². The Balaban J connectivity index is 2.21. The van der Waals surface area contributed by atoms with E-state index in [1.54, 1.807) is 11.3 Å². The third kappa shape index (κ3) is 1.70. The molecule has 3 aromatic rings. The summed E-state index contributed by atoms with van der Waals surface area (Å²) in [6.07, 6.45) is 0. The Kier molecular flexibility index (Phi) is 2.19. The number of nitrogens with two attached hydrogens (primary N) is 1. The lowest BCUT2D eigenvalue weighted by atomic mass is 10.2. The topological polar surface area (TPSA) is 43.8 Å². The Morgan fingerprint density at radius 3 is 2.76 bits per heavy atom. The van der Waals surface area contributed by atoms with Crippen LogP contribution in [0.2, 0.25) is 0 Å². The molecule has 3 nitrogen and oxygen atoms in total. The normalized spacial score (nSPS) is 11.2. The van der Waals surface area contributed by atoms with E-state index in [0.29, 0.717) is 5.82 Å². The standard InChI is InChI=1S/C13H13N3S/c1-8-3-4-9-6-12(17-11(9)5-8)10-7-13(14)15-16(10)2/h3-7H,1-2H3,(H2,14,15). The summed E-state index contributed by atoms with van der Waals surface area (Å²) < 4.78 is 3.13. The first kappa shape index (κ1) is 10.4. The zero-order valence-corrected chi connectivity index (χ0v) is 10.6. The van der Waals surface area contributed by atoms with Gasteiger partial charge in [0.05, 0.1) is 10.6 Å². The maximum Gasteiger partial charge on any atom is 0.146 e. The Bertz CT molecular complexity index is 694. The van der Waals surface area contributed by atoms with E-state index in [9.17, 15) is 0 Å². The molecular formula is C13H13N3S. The van der Waals surface area contributed by atoms with Gasteiger partial charge in [-0.3, -0.25) is 4.68 Å². The first-order valence-electron chi connectivity index (χ1n) is 5.43. The molecule has 0 aliphatic heterocycles. The highest BCUT2D eigenvalue weighted by atomic mass is 32.1. The molecular weight excluding hydrogens is 230 g/mol. The van der Waals surface area contributed by atoms with Gasteiger partial charge in [0, 0.05) is 17.8 Å². The first-order valence-corrected chi connectivity index (χ1v) is 6.25. The molecule has 0 aliphatic rings. The zero-order chi connectivity index (χ0) is 12.0. The van der Waals surface area contributed by atoms with Crippen LogP contribution in [0.25, 0.3) is 20.7 Å². The molecule has 0 fully saturated rings. The monoisotopic (exact) mass is 243 g/mol. The van der Waals surface area contributed by atoms with Crippen molar-refractivity contribution >= 4 is 27.2 Å². The van der Waals surface area contributed by atoms with Crippen LogP contribution in [0.4, 0.5) is 5.82 Å². The summed E-state index contributed by atoms with van der Waals surface area (Å²) in [6, 6.07) is 10.6. The van der Waals surface area contributed by atoms with Gasteiger partial charge in [0.1, 0.15) is 5.82 Å². The van der Waals surface area contributed by atoms with Gasteiger partial charge < -0.3 is 5.73 Å². The molecule has 0 spiro atoms. The number of hydrogen-bond acceptors (Lipinski definition) is 3. The number of benzene rings is 1. The smallest absolute Gasteiger partial charge is 0.146 e. The van der Waals surface area contributed by atoms with Gasteiger partial charge in [-0.05, 0) is 30.0 Å². The maximum absolute atomic E-state index is 5.71. The van der Waals surface area contributed by atoms with Gasteiger partial charge in [-0.1, -0.05) is 12.1 Å². The fraction of sp³-hybridized carbons (Fsp3) is 0.154. The molecule has 0 radical (unpaired) electrons. The molecule has 0 unspecified atom stereocenters. The molecule has 2 N–H and O–H groups in total. The first-order chi connectivity index (χ1) is 8.13. The molecule has 86 valence electrons. The number of rotatable bonds is 1. The third-order valence-corrected chi connectivity index (χ3v) is 3.95. The van der Waals surface area contributed by atoms with Crippen LogP contribution in [-0.2, 0) is 7.05 Å². The number of anilines is 1. The van der Waals surface area contributed by atoms with Crippen LogP contribution in [0.15, 0.2) is 30.3 Å². The van der Waals surface area contributed by atoms with Gasteiger partial charge in [-0.25, -0.2) is 0 Å². The van der Waals surface area contributed by atoms with Crippen molar-refractivity contribution in [3.63, 3.8) is 0 Å². The van der Waals surface area contributed by atoms with E-state index in [1.807, 2.05) is 17.8 Å². The number of nitrogens with zero attached hydrogens (tertiary/aromatic N) is 2. The van der Waals surface area contributed by atoms with Gasteiger partial charge in [-0.15, -0.1) is 11.3 Å². The second-order valence-electron chi connectivity index (χ2n) is 4.23. The fourth-order valence-electron chi connectivity index (χ4n) is 1.98. The molecule has 0 bridgehead atoms. The number of thiophene rings is 1. The molecule has 1 aromatic carbocycles. The molecule has 0 atom stereocenters. The lowest BCUT2D eigenvalue weighted by Crippen LogP contribution is -1.93. The zero-order valence-electron chi connectivity index (χ0n) is 9.77. The van der Waals surface area contributed by atoms with Crippen LogP contribution in [0, 0.1) is 6.92 Å². The van der Waals surface area contributed by atoms with Gasteiger partial charge >= 0.3 is 0 Å². The van der Waals surface area contributed by atoms with E-state index >= 15 is 0 Å². The molecule has 0 saturated heterocycles. The Labute approximate surface area is 103 Å². The molecule has 2 heterocycles. The van der Waals surface area contributed by atoms with Gasteiger partial charge in [0.2, 0.25) is 0 Å². The van der Waals surface area contributed by atoms with E-state index in [-0.39, 0.29) is 0 Å². The van der Waals surface area contributed by atoms with Crippen LogP contribution in [0.3, 0.4) is 0 Å². The molecule has 0 saturated carbocycles. The highest BCUT2D eigenvalue weighted by molar-refractivity contribution is 7.22.